The van der Waals surface area contributed by atoms with Gasteiger partial charge in [0, 0.05) is 55.1 Å². The van der Waals surface area contributed by atoms with Gasteiger partial charge in [-0.15, -0.1) is 0 Å². The number of pyridine rings is 1. The minimum absolute atomic E-state index is 0.0269. The minimum Gasteiger partial charge on any atom is -0.493 e. The van der Waals surface area contributed by atoms with Crippen LogP contribution in [0.15, 0.2) is 42.7 Å². The lowest BCUT2D eigenvalue weighted by molar-refractivity contribution is -0.134. The molecular weight excluding hydrogens is 382 g/mol. The summed E-state index contributed by atoms with van der Waals surface area (Å²) in [6, 6.07) is 9.14. The van der Waals surface area contributed by atoms with Gasteiger partial charge in [-0.25, -0.2) is 0 Å². The van der Waals surface area contributed by atoms with Crippen LogP contribution >= 0.6 is 0 Å². The average Bonchev–Trinajstić information content (AvgIpc) is 2.78. The molecule has 1 N–H and O–H groups in total. The molecule has 30 heavy (non-hydrogen) atoms. The highest BCUT2D eigenvalue weighted by Gasteiger charge is 2.27. The van der Waals surface area contributed by atoms with E-state index in [1.54, 1.807) is 37.7 Å². The lowest BCUT2D eigenvalue weighted by atomic mass is 9.95. The first-order chi connectivity index (χ1) is 14.6. The SMILES string of the molecule is CCCC(=O)N1CCC(C(=O)Nc2ccc(OC)c(OCc3cccnc3)c2)CC1. The van der Waals surface area contributed by atoms with Crippen molar-refractivity contribution in [3.8, 4) is 11.5 Å². The van der Waals surface area contributed by atoms with Crippen LogP contribution in [0.4, 0.5) is 5.69 Å². The van der Waals surface area contributed by atoms with Crippen molar-refractivity contribution in [2.75, 3.05) is 25.5 Å². The monoisotopic (exact) mass is 411 g/mol. The summed E-state index contributed by atoms with van der Waals surface area (Å²) in [5.41, 5.74) is 1.60. The van der Waals surface area contributed by atoms with E-state index in [0.717, 1.165) is 12.0 Å². The minimum atomic E-state index is -0.0995. The third-order valence-corrected chi connectivity index (χ3v) is 5.23. The lowest BCUT2D eigenvalue weighted by Gasteiger charge is -2.31. The van der Waals surface area contributed by atoms with Crippen molar-refractivity contribution < 1.29 is 19.1 Å². The number of methoxy groups -OCH3 is 1. The van der Waals surface area contributed by atoms with E-state index in [2.05, 4.69) is 10.3 Å². The largest absolute Gasteiger partial charge is 0.493 e. The number of nitrogens with one attached hydrogen (secondary N) is 1. The molecular formula is C23H29N3O4. The van der Waals surface area contributed by atoms with E-state index in [1.807, 2.05) is 24.0 Å². The zero-order valence-corrected chi connectivity index (χ0v) is 17.6. The second-order valence-corrected chi connectivity index (χ2v) is 7.41. The average molecular weight is 412 g/mol. The molecule has 0 aliphatic carbocycles. The number of likely N-dealkylation sites (tertiary alicyclic amines) is 1. The number of carbonyl (C=O) groups excluding carboxylic acids is 2. The molecule has 0 atom stereocenters. The summed E-state index contributed by atoms with van der Waals surface area (Å²) in [6.45, 7) is 3.63. The molecule has 0 saturated carbocycles. The number of ether oxygens (including phenoxy) is 2. The number of aromatic nitrogens is 1. The quantitative estimate of drug-likeness (QED) is 0.717. The van der Waals surface area contributed by atoms with E-state index in [0.29, 0.717) is 56.1 Å². The van der Waals surface area contributed by atoms with Crippen LogP contribution in [0.5, 0.6) is 11.5 Å². The van der Waals surface area contributed by atoms with Gasteiger partial charge < -0.3 is 19.7 Å². The van der Waals surface area contributed by atoms with E-state index in [4.69, 9.17) is 9.47 Å². The molecule has 1 aliphatic heterocycles. The van der Waals surface area contributed by atoms with Gasteiger partial charge in [-0.3, -0.25) is 14.6 Å². The highest BCUT2D eigenvalue weighted by Crippen LogP contribution is 2.31. The molecule has 7 heteroatoms. The summed E-state index contributed by atoms with van der Waals surface area (Å²) < 4.78 is 11.3. The molecule has 1 aliphatic rings. The number of rotatable bonds is 8. The van der Waals surface area contributed by atoms with Gasteiger partial charge in [-0.2, -0.15) is 0 Å². The van der Waals surface area contributed by atoms with Crippen LogP contribution in [-0.2, 0) is 16.2 Å². The maximum Gasteiger partial charge on any atom is 0.227 e. The van der Waals surface area contributed by atoms with E-state index >= 15 is 0 Å². The molecule has 7 nitrogen and oxygen atoms in total. The Morgan fingerprint density at radius 3 is 2.67 bits per heavy atom. The second-order valence-electron chi connectivity index (χ2n) is 7.41. The van der Waals surface area contributed by atoms with Gasteiger partial charge in [0.05, 0.1) is 7.11 Å². The Labute approximate surface area is 177 Å². The summed E-state index contributed by atoms with van der Waals surface area (Å²) in [5, 5.41) is 2.98. The molecule has 0 radical (unpaired) electrons. The molecule has 160 valence electrons. The van der Waals surface area contributed by atoms with Crippen LogP contribution in [0.2, 0.25) is 0 Å². The van der Waals surface area contributed by atoms with E-state index in [9.17, 15) is 9.59 Å². The molecule has 2 aromatic rings. The molecule has 3 rings (SSSR count). The molecule has 1 aromatic heterocycles. The van der Waals surface area contributed by atoms with Gasteiger partial charge in [0.2, 0.25) is 11.8 Å². The van der Waals surface area contributed by atoms with E-state index < -0.39 is 0 Å². The summed E-state index contributed by atoms with van der Waals surface area (Å²) in [7, 11) is 1.58. The van der Waals surface area contributed by atoms with Crippen LogP contribution in [0, 0.1) is 5.92 Å². The second kappa shape index (κ2) is 10.6. The molecule has 0 unspecified atom stereocenters. The van der Waals surface area contributed by atoms with Gasteiger partial charge >= 0.3 is 0 Å². The molecule has 0 spiro atoms. The van der Waals surface area contributed by atoms with E-state index in [-0.39, 0.29) is 17.7 Å². The number of carbonyl (C=O) groups is 2. The number of nitrogens with zero attached hydrogens (tertiary/aromatic N) is 2. The van der Waals surface area contributed by atoms with Crippen molar-refractivity contribution in [3.05, 3.63) is 48.3 Å². The molecule has 2 heterocycles. The number of anilines is 1. The standard InChI is InChI=1S/C23H29N3O4/c1-3-5-22(27)26-12-9-18(10-13-26)23(28)25-19-7-8-20(29-2)21(14-19)30-16-17-6-4-11-24-15-17/h4,6-8,11,14-15,18H,3,5,9-10,12-13,16H2,1-2H3,(H,25,28). The van der Waals surface area contributed by atoms with Crippen LogP contribution in [0.3, 0.4) is 0 Å². The topological polar surface area (TPSA) is 80.8 Å². The fraction of sp³-hybridized carbons (Fsp3) is 0.435. The lowest BCUT2D eigenvalue weighted by Crippen LogP contribution is -2.41. The third-order valence-electron chi connectivity index (χ3n) is 5.23. The summed E-state index contributed by atoms with van der Waals surface area (Å²) in [5.74, 6) is 1.21. The molecule has 1 aromatic carbocycles. The third kappa shape index (κ3) is 5.72. The fourth-order valence-electron chi connectivity index (χ4n) is 3.52. The first kappa shape index (κ1) is 21.6. The highest BCUT2D eigenvalue weighted by atomic mass is 16.5. The normalized spacial score (nSPS) is 14.3. The fourth-order valence-corrected chi connectivity index (χ4v) is 3.52. The van der Waals surface area contributed by atoms with Crippen LogP contribution < -0.4 is 14.8 Å². The molecule has 0 bridgehead atoms. The molecule has 2 amide bonds. The van der Waals surface area contributed by atoms with Crippen molar-refractivity contribution in [3.63, 3.8) is 0 Å². The summed E-state index contributed by atoms with van der Waals surface area (Å²) >= 11 is 0. The Kier molecular flexibility index (Phi) is 7.65. The Morgan fingerprint density at radius 1 is 1.20 bits per heavy atom. The molecule has 1 saturated heterocycles. The number of hydrogen-bond donors (Lipinski definition) is 1. The Bertz CT molecular complexity index is 849. The van der Waals surface area contributed by atoms with Crippen molar-refractivity contribution in [2.45, 2.75) is 39.2 Å². The zero-order chi connectivity index (χ0) is 21.3. The number of benzene rings is 1. The van der Waals surface area contributed by atoms with Gasteiger partial charge in [-0.05, 0) is 37.5 Å². The van der Waals surface area contributed by atoms with Crippen LogP contribution in [0.25, 0.3) is 0 Å². The predicted octanol–water partition coefficient (Wildman–Crippen LogP) is 3.65. The number of amides is 2. The Hall–Kier alpha value is -3.09. The maximum absolute atomic E-state index is 12.7. The Balaban J connectivity index is 1.58. The van der Waals surface area contributed by atoms with Gasteiger partial charge in [0.25, 0.3) is 0 Å². The predicted molar refractivity (Wildman–Crippen MR) is 114 cm³/mol. The van der Waals surface area contributed by atoms with Gasteiger partial charge in [0.15, 0.2) is 11.5 Å². The van der Waals surface area contributed by atoms with Crippen molar-refractivity contribution in [1.29, 1.82) is 0 Å². The first-order valence-electron chi connectivity index (χ1n) is 10.4. The smallest absolute Gasteiger partial charge is 0.227 e. The van der Waals surface area contributed by atoms with Crippen molar-refractivity contribution >= 4 is 17.5 Å². The van der Waals surface area contributed by atoms with Crippen molar-refractivity contribution in [1.82, 2.24) is 9.88 Å². The number of piperidine rings is 1. The number of hydrogen-bond acceptors (Lipinski definition) is 5. The zero-order valence-electron chi connectivity index (χ0n) is 17.6. The summed E-state index contributed by atoms with van der Waals surface area (Å²) in [4.78, 5) is 30.7. The van der Waals surface area contributed by atoms with Crippen LogP contribution in [-0.4, -0.2) is 41.9 Å². The van der Waals surface area contributed by atoms with Crippen molar-refractivity contribution in [2.24, 2.45) is 5.92 Å². The maximum atomic E-state index is 12.7. The molecule has 1 fully saturated rings. The van der Waals surface area contributed by atoms with Gasteiger partial charge in [0.1, 0.15) is 6.61 Å². The van der Waals surface area contributed by atoms with Gasteiger partial charge in [-0.1, -0.05) is 13.0 Å². The Morgan fingerprint density at radius 2 is 2.00 bits per heavy atom. The van der Waals surface area contributed by atoms with Crippen LogP contribution in [0.1, 0.15) is 38.2 Å². The first-order valence-corrected chi connectivity index (χ1v) is 10.4. The highest BCUT2D eigenvalue weighted by molar-refractivity contribution is 5.93. The van der Waals surface area contributed by atoms with E-state index in [1.165, 1.54) is 0 Å². The summed E-state index contributed by atoms with van der Waals surface area (Å²) in [6.07, 6.45) is 6.25.